The van der Waals surface area contributed by atoms with Crippen LogP contribution in [0.25, 0.3) is 0 Å². The van der Waals surface area contributed by atoms with E-state index in [0.29, 0.717) is 16.9 Å². The second kappa shape index (κ2) is 9.92. The second-order valence-corrected chi connectivity index (χ2v) is 9.07. The predicted molar refractivity (Wildman–Crippen MR) is 119 cm³/mol. The third-order valence-electron chi connectivity index (χ3n) is 4.47. The smallest absolute Gasteiger partial charge is 0.261 e. The SMILES string of the molecule is CC(C)Oc1ccc(S(=O)(=O)Nc2ccc(C[NH+]([O-])O)cc2C(=O)c2ccccc2)cc1. The van der Waals surface area contributed by atoms with Crippen LogP contribution in [0.4, 0.5) is 5.69 Å². The minimum absolute atomic E-state index is 0.00123. The van der Waals surface area contributed by atoms with Crippen LogP contribution in [0.3, 0.4) is 0 Å². The van der Waals surface area contributed by atoms with E-state index in [1.807, 2.05) is 13.8 Å². The van der Waals surface area contributed by atoms with E-state index < -0.39 is 21.0 Å². The minimum atomic E-state index is -4.01. The molecule has 0 amide bonds. The van der Waals surface area contributed by atoms with Crippen LogP contribution in [-0.2, 0) is 16.6 Å². The molecule has 0 heterocycles. The van der Waals surface area contributed by atoms with E-state index in [1.165, 1.54) is 30.3 Å². The lowest BCUT2D eigenvalue weighted by Crippen LogP contribution is -3.03. The summed E-state index contributed by atoms with van der Waals surface area (Å²) >= 11 is 0. The number of hydrogen-bond acceptors (Lipinski definition) is 6. The van der Waals surface area contributed by atoms with Gasteiger partial charge in [0.1, 0.15) is 12.3 Å². The summed E-state index contributed by atoms with van der Waals surface area (Å²) in [7, 11) is -4.01. The highest BCUT2D eigenvalue weighted by molar-refractivity contribution is 7.92. The molecule has 3 aromatic carbocycles. The molecule has 0 fully saturated rings. The summed E-state index contributed by atoms with van der Waals surface area (Å²) in [5.74, 6) is 0.119. The first-order chi connectivity index (χ1) is 15.2. The topological polar surface area (TPSA) is 120 Å². The number of hydrogen-bond donors (Lipinski definition) is 3. The largest absolute Gasteiger partial charge is 0.600 e. The zero-order valence-electron chi connectivity index (χ0n) is 17.6. The normalized spacial score (nSPS) is 12.4. The number of sulfonamides is 1. The number of carbonyl (C=O) groups is 1. The van der Waals surface area contributed by atoms with Gasteiger partial charge in [-0.15, -0.1) is 0 Å². The number of quaternary nitrogens is 1. The van der Waals surface area contributed by atoms with Crippen LogP contribution in [-0.4, -0.2) is 25.5 Å². The molecule has 3 N–H and O–H groups in total. The van der Waals surface area contributed by atoms with Crippen LogP contribution in [0.1, 0.15) is 35.3 Å². The number of rotatable bonds is 9. The first kappa shape index (κ1) is 23.4. The van der Waals surface area contributed by atoms with E-state index in [2.05, 4.69) is 4.72 Å². The van der Waals surface area contributed by atoms with Crippen molar-refractivity contribution < 1.29 is 28.4 Å². The summed E-state index contributed by atoms with van der Waals surface area (Å²) in [6.07, 6.45) is -0.0496. The Kier molecular flexibility index (Phi) is 7.26. The molecular weight excluding hydrogens is 432 g/mol. The average molecular weight is 457 g/mol. The molecule has 3 aromatic rings. The van der Waals surface area contributed by atoms with Gasteiger partial charge in [0.25, 0.3) is 10.0 Å². The van der Waals surface area contributed by atoms with E-state index in [9.17, 15) is 18.4 Å². The molecule has 0 aromatic heterocycles. The lowest BCUT2D eigenvalue weighted by Gasteiger charge is -2.16. The Bertz CT molecular complexity index is 1180. The van der Waals surface area contributed by atoms with Crippen LogP contribution in [0.15, 0.2) is 77.7 Å². The van der Waals surface area contributed by atoms with Crippen molar-refractivity contribution in [3.63, 3.8) is 0 Å². The summed E-state index contributed by atoms with van der Waals surface area (Å²) in [5.41, 5.74) is 0.874. The van der Waals surface area contributed by atoms with Crippen molar-refractivity contribution in [2.45, 2.75) is 31.4 Å². The highest BCUT2D eigenvalue weighted by Crippen LogP contribution is 2.25. The molecule has 32 heavy (non-hydrogen) atoms. The van der Waals surface area contributed by atoms with Crippen LogP contribution in [0.5, 0.6) is 5.75 Å². The summed E-state index contributed by atoms with van der Waals surface area (Å²) < 4.78 is 33.9. The fourth-order valence-corrected chi connectivity index (χ4v) is 4.15. The zero-order chi connectivity index (χ0) is 23.3. The zero-order valence-corrected chi connectivity index (χ0v) is 18.4. The maximum atomic E-state index is 13.1. The second-order valence-electron chi connectivity index (χ2n) is 7.39. The molecule has 0 aliphatic heterocycles. The predicted octanol–water partition coefficient (Wildman–Crippen LogP) is 2.78. The first-order valence-corrected chi connectivity index (χ1v) is 11.4. The Morgan fingerprint density at radius 2 is 1.72 bits per heavy atom. The van der Waals surface area contributed by atoms with Gasteiger partial charge in [-0.3, -0.25) is 9.52 Å². The molecule has 0 radical (unpaired) electrons. The molecule has 1 atom stereocenters. The lowest BCUT2D eigenvalue weighted by atomic mass is 9.99. The lowest BCUT2D eigenvalue weighted by molar-refractivity contribution is -1.06. The van der Waals surface area contributed by atoms with Gasteiger partial charge in [-0.05, 0) is 50.2 Å². The molecule has 8 nitrogen and oxygen atoms in total. The van der Waals surface area contributed by atoms with Gasteiger partial charge in [0.2, 0.25) is 0 Å². The third-order valence-corrected chi connectivity index (χ3v) is 5.85. The van der Waals surface area contributed by atoms with Crippen molar-refractivity contribution in [2.24, 2.45) is 0 Å². The third kappa shape index (κ3) is 5.92. The number of carbonyl (C=O) groups excluding carboxylic acids is 1. The Morgan fingerprint density at radius 3 is 2.31 bits per heavy atom. The van der Waals surface area contributed by atoms with Gasteiger partial charge in [0.05, 0.1) is 16.7 Å². The highest BCUT2D eigenvalue weighted by atomic mass is 32.2. The van der Waals surface area contributed by atoms with Crippen LogP contribution < -0.4 is 14.7 Å². The van der Waals surface area contributed by atoms with Gasteiger partial charge < -0.3 is 9.94 Å². The number of nitrogens with one attached hydrogen (secondary N) is 2. The van der Waals surface area contributed by atoms with Crippen molar-refractivity contribution in [1.29, 1.82) is 0 Å². The Morgan fingerprint density at radius 1 is 1.06 bits per heavy atom. The van der Waals surface area contributed by atoms with Gasteiger partial charge in [0, 0.05) is 16.7 Å². The van der Waals surface area contributed by atoms with E-state index in [1.54, 1.807) is 42.5 Å². The standard InChI is InChI=1S/C23H24N2O6S/c1-16(2)31-19-9-11-20(12-10-19)32(29,30)24-22-13-8-17(15-25(27)28)14-21(22)23(26)18-6-4-3-5-7-18/h3-14,16,24-25,27H,15H2,1-2H3. The molecule has 0 bridgehead atoms. The molecule has 0 saturated carbocycles. The van der Waals surface area contributed by atoms with Gasteiger partial charge in [-0.25, -0.2) is 18.9 Å². The van der Waals surface area contributed by atoms with Gasteiger partial charge >= 0.3 is 0 Å². The number of anilines is 1. The molecule has 1 unspecified atom stereocenters. The van der Waals surface area contributed by atoms with E-state index in [4.69, 9.17) is 9.94 Å². The highest BCUT2D eigenvalue weighted by Gasteiger charge is 2.21. The number of ketones is 1. The van der Waals surface area contributed by atoms with Gasteiger partial charge in [0.15, 0.2) is 5.78 Å². The maximum absolute atomic E-state index is 13.1. The fraction of sp³-hybridized carbons (Fsp3) is 0.174. The summed E-state index contributed by atoms with van der Waals surface area (Å²) in [5, 5.41) is 19.1. The number of benzene rings is 3. The molecule has 168 valence electrons. The van der Waals surface area contributed by atoms with Gasteiger partial charge in [-0.2, -0.15) is 0 Å². The summed E-state index contributed by atoms with van der Waals surface area (Å²) in [6, 6.07) is 18.6. The summed E-state index contributed by atoms with van der Waals surface area (Å²) in [4.78, 5) is 13.1. The molecule has 0 aliphatic carbocycles. The quantitative estimate of drug-likeness (QED) is 0.336. The van der Waals surface area contributed by atoms with Crippen molar-refractivity contribution in [2.75, 3.05) is 4.72 Å². The molecular formula is C23H24N2O6S. The minimum Gasteiger partial charge on any atom is -0.600 e. The monoisotopic (exact) mass is 456 g/mol. The van der Waals surface area contributed by atoms with Gasteiger partial charge in [-0.1, -0.05) is 36.4 Å². The van der Waals surface area contributed by atoms with Crippen molar-refractivity contribution in [3.8, 4) is 5.75 Å². The van der Waals surface area contributed by atoms with E-state index in [-0.39, 0.29) is 28.8 Å². The van der Waals surface area contributed by atoms with E-state index >= 15 is 0 Å². The van der Waals surface area contributed by atoms with Crippen LogP contribution in [0.2, 0.25) is 0 Å². The van der Waals surface area contributed by atoms with Crippen molar-refractivity contribution >= 4 is 21.5 Å². The fourth-order valence-electron chi connectivity index (χ4n) is 3.07. The van der Waals surface area contributed by atoms with E-state index in [0.717, 1.165) is 0 Å². The van der Waals surface area contributed by atoms with Crippen molar-refractivity contribution in [1.82, 2.24) is 0 Å². The first-order valence-electron chi connectivity index (χ1n) is 9.90. The molecule has 3 rings (SSSR count). The summed E-state index contributed by atoms with van der Waals surface area (Å²) in [6.45, 7) is 3.44. The average Bonchev–Trinajstić information content (AvgIpc) is 2.74. The molecule has 0 aliphatic rings. The maximum Gasteiger partial charge on any atom is 0.261 e. The Hall–Kier alpha value is -3.24. The van der Waals surface area contributed by atoms with Crippen LogP contribution in [0, 0.1) is 5.21 Å². The number of ether oxygens (including phenoxy) is 1. The number of hydroxylamine groups is 2. The Balaban J connectivity index is 1.96. The molecule has 0 saturated heterocycles. The molecule has 0 spiro atoms. The Labute approximate surface area is 186 Å². The molecule has 9 heteroatoms. The van der Waals surface area contributed by atoms with Crippen molar-refractivity contribution in [3.05, 3.63) is 94.7 Å². The van der Waals surface area contributed by atoms with Crippen LogP contribution >= 0.6 is 0 Å².